The largest absolute Gasteiger partial charge is 0.487 e. The standard InChI is InChI=1S/C26H22N2O3S/c29-26(30)23-9-6-10-24(25(23)27-15-4-5-16-27)28-17-20(18-28)31-19-11-13-22(14-12-19)32-21-7-2-1-3-8-21/h1-16,20H,17-18H2,(H,29,30). The predicted octanol–water partition coefficient (Wildman–Crippen LogP) is 5.59. The number of benzene rings is 3. The van der Waals surface area contributed by atoms with E-state index in [1.165, 1.54) is 9.79 Å². The van der Waals surface area contributed by atoms with Crippen molar-refractivity contribution in [1.29, 1.82) is 0 Å². The number of aromatic nitrogens is 1. The fraction of sp³-hybridized carbons (Fsp3) is 0.115. The molecular weight excluding hydrogens is 420 g/mol. The van der Waals surface area contributed by atoms with Gasteiger partial charge in [0.15, 0.2) is 0 Å². The van der Waals surface area contributed by atoms with E-state index in [4.69, 9.17) is 4.74 Å². The van der Waals surface area contributed by atoms with Crippen molar-refractivity contribution in [1.82, 2.24) is 4.57 Å². The van der Waals surface area contributed by atoms with E-state index in [1.54, 1.807) is 23.9 Å². The molecule has 5 nitrogen and oxygen atoms in total. The third-order valence-electron chi connectivity index (χ3n) is 5.40. The third-order valence-corrected chi connectivity index (χ3v) is 6.42. The maximum Gasteiger partial charge on any atom is 0.337 e. The first-order chi connectivity index (χ1) is 15.7. The Hall–Kier alpha value is -3.64. The highest BCUT2D eigenvalue weighted by Crippen LogP contribution is 2.33. The Morgan fingerprint density at radius 3 is 2.22 bits per heavy atom. The van der Waals surface area contributed by atoms with E-state index < -0.39 is 5.97 Å². The van der Waals surface area contributed by atoms with E-state index in [-0.39, 0.29) is 11.7 Å². The number of para-hydroxylation sites is 1. The van der Waals surface area contributed by atoms with Gasteiger partial charge in [-0.05, 0) is 60.7 Å². The molecule has 0 amide bonds. The van der Waals surface area contributed by atoms with Gasteiger partial charge >= 0.3 is 5.97 Å². The molecule has 0 unspecified atom stereocenters. The molecule has 1 aliphatic rings. The summed E-state index contributed by atoms with van der Waals surface area (Å²) < 4.78 is 8.00. The molecule has 3 aromatic carbocycles. The molecule has 0 radical (unpaired) electrons. The Balaban J connectivity index is 1.25. The lowest BCUT2D eigenvalue weighted by Crippen LogP contribution is -2.54. The number of aromatic carboxylic acids is 1. The minimum absolute atomic E-state index is 0.0635. The summed E-state index contributed by atoms with van der Waals surface area (Å²) in [6.45, 7) is 1.41. The first kappa shape index (κ1) is 20.3. The summed E-state index contributed by atoms with van der Waals surface area (Å²) in [6, 6.07) is 27.6. The molecule has 0 saturated carbocycles. The SMILES string of the molecule is O=C(O)c1cccc(N2CC(Oc3ccc(Sc4ccccc4)cc3)C2)c1-n1cccc1. The topological polar surface area (TPSA) is 54.7 Å². The van der Waals surface area contributed by atoms with E-state index in [9.17, 15) is 9.90 Å². The van der Waals surface area contributed by atoms with Crippen LogP contribution >= 0.6 is 11.8 Å². The van der Waals surface area contributed by atoms with Crippen LogP contribution < -0.4 is 9.64 Å². The zero-order valence-corrected chi connectivity index (χ0v) is 18.1. The maximum atomic E-state index is 11.8. The van der Waals surface area contributed by atoms with Crippen LogP contribution in [0.25, 0.3) is 5.69 Å². The molecule has 1 saturated heterocycles. The van der Waals surface area contributed by atoms with Gasteiger partial charge in [-0.25, -0.2) is 4.79 Å². The molecule has 1 N–H and O–H groups in total. The highest BCUT2D eigenvalue weighted by molar-refractivity contribution is 7.99. The molecule has 4 aromatic rings. The molecule has 5 rings (SSSR count). The maximum absolute atomic E-state index is 11.8. The van der Waals surface area contributed by atoms with Crippen molar-refractivity contribution in [3.63, 3.8) is 0 Å². The minimum Gasteiger partial charge on any atom is -0.487 e. The molecule has 160 valence electrons. The Bertz CT molecular complexity index is 1200. The molecule has 1 aromatic heterocycles. The van der Waals surface area contributed by atoms with E-state index in [1.807, 2.05) is 65.5 Å². The summed E-state index contributed by atoms with van der Waals surface area (Å²) in [5, 5.41) is 9.67. The highest BCUT2D eigenvalue weighted by atomic mass is 32.2. The first-order valence-electron chi connectivity index (χ1n) is 10.4. The normalized spacial score (nSPS) is 13.6. The van der Waals surface area contributed by atoms with Crippen LogP contribution in [0.2, 0.25) is 0 Å². The quantitative estimate of drug-likeness (QED) is 0.404. The molecule has 1 fully saturated rings. The van der Waals surface area contributed by atoms with Gasteiger partial charge in [-0.3, -0.25) is 0 Å². The van der Waals surface area contributed by atoms with Crippen molar-refractivity contribution in [2.45, 2.75) is 15.9 Å². The Labute approximate surface area is 190 Å². The van der Waals surface area contributed by atoms with E-state index in [0.29, 0.717) is 18.8 Å². The summed E-state index contributed by atoms with van der Waals surface area (Å²) in [5.74, 6) is -0.0886. The molecular formula is C26H22N2O3S. The van der Waals surface area contributed by atoms with E-state index >= 15 is 0 Å². The third kappa shape index (κ3) is 4.22. The second-order valence-corrected chi connectivity index (χ2v) is 8.75. The molecule has 6 heteroatoms. The molecule has 0 aliphatic carbocycles. The molecule has 0 atom stereocenters. The number of ether oxygens (including phenoxy) is 1. The number of carboxylic acid groups (broad SMARTS) is 1. The van der Waals surface area contributed by atoms with Gasteiger partial charge in [0.1, 0.15) is 11.9 Å². The summed E-state index contributed by atoms with van der Waals surface area (Å²) in [6.07, 6.45) is 3.80. The van der Waals surface area contributed by atoms with Crippen LogP contribution in [0, 0.1) is 0 Å². The van der Waals surface area contributed by atoms with Crippen LogP contribution in [-0.2, 0) is 0 Å². The molecule has 2 heterocycles. The second-order valence-electron chi connectivity index (χ2n) is 7.60. The zero-order chi connectivity index (χ0) is 21.9. The number of hydrogen-bond acceptors (Lipinski definition) is 4. The van der Waals surface area contributed by atoms with Gasteiger partial charge in [-0.1, -0.05) is 36.0 Å². The molecule has 0 bridgehead atoms. The lowest BCUT2D eigenvalue weighted by Gasteiger charge is -2.41. The van der Waals surface area contributed by atoms with Gasteiger partial charge in [0.25, 0.3) is 0 Å². The minimum atomic E-state index is -0.933. The number of carbonyl (C=O) groups is 1. The van der Waals surface area contributed by atoms with Gasteiger partial charge in [-0.2, -0.15) is 0 Å². The van der Waals surface area contributed by atoms with Crippen molar-refractivity contribution in [3.05, 3.63) is 103 Å². The summed E-state index contributed by atoms with van der Waals surface area (Å²) in [5.41, 5.74) is 1.87. The fourth-order valence-corrected chi connectivity index (χ4v) is 4.66. The Morgan fingerprint density at radius 1 is 0.844 bits per heavy atom. The van der Waals surface area contributed by atoms with Crippen molar-refractivity contribution in [3.8, 4) is 11.4 Å². The van der Waals surface area contributed by atoms with Crippen molar-refractivity contribution in [2.24, 2.45) is 0 Å². The van der Waals surface area contributed by atoms with Crippen LogP contribution in [-0.4, -0.2) is 34.8 Å². The number of hydrogen-bond donors (Lipinski definition) is 1. The van der Waals surface area contributed by atoms with Gasteiger partial charge < -0.3 is 19.3 Å². The lowest BCUT2D eigenvalue weighted by atomic mass is 10.1. The van der Waals surface area contributed by atoms with Crippen LogP contribution in [0.5, 0.6) is 5.75 Å². The first-order valence-corrected chi connectivity index (χ1v) is 11.2. The average molecular weight is 443 g/mol. The predicted molar refractivity (Wildman–Crippen MR) is 126 cm³/mol. The second kappa shape index (κ2) is 8.85. The van der Waals surface area contributed by atoms with Crippen LogP contribution in [0.15, 0.2) is 107 Å². The highest BCUT2D eigenvalue weighted by Gasteiger charge is 2.31. The Kier molecular flexibility index (Phi) is 5.60. The smallest absolute Gasteiger partial charge is 0.337 e. The Morgan fingerprint density at radius 2 is 1.53 bits per heavy atom. The van der Waals surface area contributed by atoms with Crippen LogP contribution in [0.4, 0.5) is 5.69 Å². The molecule has 0 spiro atoms. The zero-order valence-electron chi connectivity index (χ0n) is 17.3. The van der Waals surface area contributed by atoms with E-state index in [2.05, 4.69) is 29.2 Å². The summed E-state index contributed by atoms with van der Waals surface area (Å²) in [7, 11) is 0. The van der Waals surface area contributed by atoms with Gasteiger partial charge in [0, 0.05) is 22.2 Å². The lowest BCUT2D eigenvalue weighted by molar-refractivity contribution is 0.0697. The number of carboxylic acids is 1. The van der Waals surface area contributed by atoms with Gasteiger partial charge in [0.2, 0.25) is 0 Å². The number of nitrogens with zero attached hydrogens (tertiary/aromatic N) is 2. The van der Waals surface area contributed by atoms with Crippen LogP contribution in [0.3, 0.4) is 0 Å². The van der Waals surface area contributed by atoms with Crippen molar-refractivity contribution in [2.75, 3.05) is 18.0 Å². The van der Waals surface area contributed by atoms with Crippen molar-refractivity contribution < 1.29 is 14.6 Å². The number of anilines is 1. The fourth-order valence-electron chi connectivity index (χ4n) is 3.83. The van der Waals surface area contributed by atoms with E-state index in [0.717, 1.165) is 11.4 Å². The monoisotopic (exact) mass is 442 g/mol. The molecule has 32 heavy (non-hydrogen) atoms. The van der Waals surface area contributed by atoms with Crippen molar-refractivity contribution >= 4 is 23.4 Å². The molecule has 1 aliphatic heterocycles. The van der Waals surface area contributed by atoms with Gasteiger partial charge in [0.05, 0.1) is 30.0 Å². The summed E-state index contributed by atoms with van der Waals surface area (Å²) >= 11 is 1.72. The average Bonchev–Trinajstić information content (AvgIpc) is 3.32. The summed E-state index contributed by atoms with van der Waals surface area (Å²) in [4.78, 5) is 16.3. The van der Waals surface area contributed by atoms with Crippen LogP contribution in [0.1, 0.15) is 10.4 Å². The number of rotatable bonds is 7. The van der Waals surface area contributed by atoms with Gasteiger partial charge in [-0.15, -0.1) is 0 Å².